The molecule has 0 aliphatic heterocycles. The van der Waals surface area contributed by atoms with Gasteiger partial charge in [0.1, 0.15) is 5.75 Å². The lowest BCUT2D eigenvalue weighted by molar-refractivity contribution is 0.296. The first-order valence-corrected chi connectivity index (χ1v) is 14.3. The van der Waals surface area contributed by atoms with Gasteiger partial charge < -0.3 is 4.74 Å². The SMILES string of the molecule is CCCc1ccc(S(=O)(=O)NCCCCOc2ccc(C(C)(C)CC)cc2C(C)(C)CC)cc1. The van der Waals surface area contributed by atoms with E-state index in [2.05, 4.69) is 71.4 Å². The van der Waals surface area contributed by atoms with Gasteiger partial charge in [0, 0.05) is 12.1 Å². The van der Waals surface area contributed by atoms with Crippen LogP contribution in [0.4, 0.5) is 0 Å². The molecule has 0 unspecified atom stereocenters. The Morgan fingerprint density at radius 2 is 1.50 bits per heavy atom. The Kier molecular flexibility index (Phi) is 10.2. The molecule has 0 aliphatic carbocycles. The largest absolute Gasteiger partial charge is 0.493 e. The average Bonchev–Trinajstić information content (AvgIpc) is 2.81. The van der Waals surface area contributed by atoms with Crippen LogP contribution in [0.5, 0.6) is 5.75 Å². The fourth-order valence-electron chi connectivity index (χ4n) is 3.82. The summed E-state index contributed by atoms with van der Waals surface area (Å²) in [5, 5.41) is 0. The van der Waals surface area contributed by atoms with Gasteiger partial charge in [0.15, 0.2) is 0 Å². The number of sulfonamides is 1. The fraction of sp³-hybridized carbons (Fsp3) is 0.586. The molecule has 190 valence electrons. The molecule has 0 amide bonds. The maximum absolute atomic E-state index is 12.5. The summed E-state index contributed by atoms with van der Waals surface area (Å²) in [6.45, 7) is 16.6. The van der Waals surface area contributed by atoms with Crippen LogP contribution in [-0.4, -0.2) is 21.6 Å². The predicted molar refractivity (Wildman–Crippen MR) is 143 cm³/mol. The number of hydrogen-bond donors (Lipinski definition) is 1. The Bertz CT molecular complexity index is 1010. The molecule has 0 atom stereocenters. The third kappa shape index (κ3) is 7.58. The monoisotopic (exact) mass is 487 g/mol. The Morgan fingerprint density at radius 3 is 2.09 bits per heavy atom. The lowest BCUT2D eigenvalue weighted by Gasteiger charge is -2.30. The highest BCUT2D eigenvalue weighted by Gasteiger charge is 2.26. The number of rotatable bonds is 14. The quantitative estimate of drug-likeness (QED) is 0.288. The molecule has 0 aliphatic rings. The molecule has 2 rings (SSSR count). The first-order valence-electron chi connectivity index (χ1n) is 12.8. The van der Waals surface area contributed by atoms with Crippen molar-refractivity contribution in [2.75, 3.05) is 13.2 Å². The van der Waals surface area contributed by atoms with Gasteiger partial charge in [0.05, 0.1) is 11.5 Å². The highest BCUT2D eigenvalue weighted by Crippen LogP contribution is 2.38. The molecule has 0 saturated carbocycles. The molecule has 0 bridgehead atoms. The number of ether oxygens (including phenoxy) is 1. The molecule has 0 radical (unpaired) electrons. The summed E-state index contributed by atoms with van der Waals surface area (Å²) in [6.07, 6.45) is 5.63. The van der Waals surface area contributed by atoms with Crippen LogP contribution in [0.15, 0.2) is 47.4 Å². The number of aryl methyl sites for hydroxylation is 1. The highest BCUT2D eigenvalue weighted by atomic mass is 32.2. The van der Waals surface area contributed by atoms with E-state index in [0.29, 0.717) is 18.0 Å². The van der Waals surface area contributed by atoms with Crippen LogP contribution in [0.1, 0.15) is 97.3 Å². The first kappa shape index (κ1) is 28.4. The lowest BCUT2D eigenvalue weighted by Crippen LogP contribution is -2.25. The van der Waals surface area contributed by atoms with Crippen molar-refractivity contribution in [3.8, 4) is 5.75 Å². The van der Waals surface area contributed by atoms with Crippen LogP contribution < -0.4 is 9.46 Å². The van der Waals surface area contributed by atoms with Crippen molar-refractivity contribution < 1.29 is 13.2 Å². The number of unbranched alkanes of at least 4 members (excludes halogenated alkanes) is 1. The molecule has 1 N–H and O–H groups in total. The second-order valence-electron chi connectivity index (χ2n) is 10.5. The number of hydrogen-bond acceptors (Lipinski definition) is 3. The topological polar surface area (TPSA) is 55.4 Å². The number of benzene rings is 2. The van der Waals surface area contributed by atoms with Gasteiger partial charge in [-0.15, -0.1) is 0 Å². The molecule has 0 saturated heterocycles. The summed E-state index contributed by atoms with van der Waals surface area (Å²) in [6, 6.07) is 13.8. The van der Waals surface area contributed by atoms with E-state index in [1.165, 1.54) is 11.1 Å². The molecule has 4 nitrogen and oxygen atoms in total. The predicted octanol–water partition coefficient (Wildman–Crippen LogP) is 7.15. The minimum absolute atomic E-state index is 0.0253. The van der Waals surface area contributed by atoms with Crippen LogP contribution in [0.25, 0.3) is 0 Å². The van der Waals surface area contributed by atoms with Gasteiger partial charge >= 0.3 is 0 Å². The minimum Gasteiger partial charge on any atom is -0.493 e. The lowest BCUT2D eigenvalue weighted by atomic mass is 9.76. The Balaban J connectivity index is 1.93. The molecule has 2 aromatic carbocycles. The summed E-state index contributed by atoms with van der Waals surface area (Å²) >= 11 is 0. The summed E-state index contributed by atoms with van der Waals surface area (Å²) in [5.74, 6) is 0.940. The van der Waals surface area contributed by atoms with Crippen LogP contribution in [-0.2, 0) is 27.3 Å². The van der Waals surface area contributed by atoms with Crippen LogP contribution in [0, 0.1) is 0 Å². The third-order valence-electron chi connectivity index (χ3n) is 7.15. The maximum Gasteiger partial charge on any atom is 0.240 e. The van der Waals surface area contributed by atoms with Crippen molar-refractivity contribution in [2.24, 2.45) is 0 Å². The van der Waals surface area contributed by atoms with Gasteiger partial charge in [-0.05, 0) is 72.3 Å². The van der Waals surface area contributed by atoms with Crippen molar-refractivity contribution in [3.63, 3.8) is 0 Å². The highest BCUT2D eigenvalue weighted by molar-refractivity contribution is 7.89. The molecule has 5 heteroatoms. The first-order chi connectivity index (χ1) is 16.0. The molecule has 34 heavy (non-hydrogen) atoms. The van der Waals surface area contributed by atoms with Crippen LogP contribution >= 0.6 is 0 Å². The maximum atomic E-state index is 12.5. The van der Waals surface area contributed by atoms with E-state index in [1.807, 2.05) is 12.1 Å². The molecule has 0 aromatic heterocycles. The summed E-state index contributed by atoms with van der Waals surface area (Å²) in [4.78, 5) is 0.324. The van der Waals surface area contributed by atoms with E-state index in [1.54, 1.807) is 12.1 Å². The van der Waals surface area contributed by atoms with Gasteiger partial charge in [-0.25, -0.2) is 13.1 Å². The molecular weight excluding hydrogens is 442 g/mol. The van der Waals surface area contributed by atoms with Crippen LogP contribution in [0.3, 0.4) is 0 Å². The van der Waals surface area contributed by atoms with Gasteiger partial charge in [0.25, 0.3) is 0 Å². The second kappa shape index (κ2) is 12.2. The average molecular weight is 488 g/mol. The van der Waals surface area contributed by atoms with E-state index in [4.69, 9.17) is 4.74 Å². The van der Waals surface area contributed by atoms with E-state index >= 15 is 0 Å². The smallest absolute Gasteiger partial charge is 0.240 e. The van der Waals surface area contributed by atoms with E-state index in [9.17, 15) is 8.42 Å². The van der Waals surface area contributed by atoms with Crippen molar-refractivity contribution in [3.05, 3.63) is 59.2 Å². The zero-order valence-electron chi connectivity index (χ0n) is 22.3. The molecular formula is C29H45NO3S. The van der Waals surface area contributed by atoms with E-state index in [0.717, 1.165) is 49.8 Å². The normalized spacial score (nSPS) is 12.7. The van der Waals surface area contributed by atoms with Crippen molar-refractivity contribution in [2.45, 2.75) is 103 Å². The Hall–Kier alpha value is -1.85. The Labute approximate surface area is 208 Å². The Morgan fingerprint density at radius 1 is 0.853 bits per heavy atom. The molecule has 0 heterocycles. The molecule has 2 aromatic rings. The van der Waals surface area contributed by atoms with E-state index in [-0.39, 0.29) is 10.8 Å². The van der Waals surface area contributed by atoms with Crippen LogP contribution in [0.2, 0.25) is 0 Å². The van der Waals surface area contributed by atoms with Gasteiger partial charge in [-0.3, -0.25) is 0 Å². The fourth-order valence-corrected chi connectivity index (χ4v) is 4.90. The second-order valence-corrected chi connectivity index (χ2v) is 12.3. The third-order valence-corrected chi connectivity index (χ3v) is 8.63. The number of nitrogens with one attached hydrogen (secondary N) is 1. The standard InChI is InChI=1S/C29H45NO3S/c1-8-13-23-14-17-25(18-15-23)34(31,32)30-20-11-12-21-33-27-19-16-24(28(4,5)9-2)22-26(27)29(6,7)10-3/h14-19,22,30H,8-13,20-21H2,1-7H3. The minimum atomic E-state index is -3.47. The van der Waals surface area contributed by atoms with Crippen molar-refractivity contribution >= 4 is 10.0 Å². The summed E-state index contributed by atoms with van der Waals surface area (Å²) < 4.78 is 34.0. The summed E-state index contributed by atoms with van der Waals surface area (Å²) in [5.41, 5.74) is 3.91. The van der Waals surface area contributed by atoms with Gasteiger partial charge in [-0.2, -0.15) is 0 Å². The summed E-state index contributed by atoms with van der Waals surface area (Å²) in [7, 11) is -3.47. The van der Waals surface area contributed by atoms with Crippen molar-refractivity contribution in [1.82, 2.24) is 4.72 Å². The molecule has 0 fully saturated rings. The zero-order chi connectivity index (χ0) is 25.4. The molecule has 0 spiro atoms. The van der Waals surface area contributed by atoms with Gasteiger partial charge in [-0.1, -0.05) is 79.2 Å². The van der Waals surface area contributed by atoms with Gasteiger partial charge in [0.2, 0.25) is 10.0 Å². The zero-order valence-corrected chi connectivity index (χ0v) is 23.1. The van der Waals surface area contributed by atoms with Crippen molar-refractivity contribution in [1.29, 1.82) is 0 Å². The van der Waals surface area contributed by atoms with E-state index < -0.39 is 10.0 Å².